The Kier molecular flexibility index (Phi) is 4.48. The lowest BCUT2D eigenvalue weighted by Crippen LogP contribution is -2.20. The van der Waals surface area contributed by atoms with E-state index in [0.717, 1.165) is 25.1 Å². The fourth-order valence-corrected chi connectivity index (χ4v) is 2.59. The fraction of sp³-hybridized carbons (Fsp3) is 0.438. The molecule has 1 unspecified atom stereocenters. The Hall–Kier alpha value is -2.21. The monoisotopic (exact) mass is 299 g/mol. The zero-order valence-electron chi connectivity index (χ0n) is 13.0. The first-order valence-corrected chi connectivity index (χ1v) is 7.61. The number of nitrogens with zero attached hydrogens (tertiary/aromatic N) is 3. The first-order chi connectivity index (χ1) is 10.7. The van der Waals surface area contributed by atoms with Crippen molar-refractivity contribution in [3.63, 3.8) is 0 Å². The molecule has 0 aliphatic carbocycles. The fourth-order valence-electron chi connectivity index (χ4n) is 2.59. The molecule has 1 atom stereocenters. The second-order valence-electron chi connectivity index (χ2n) is 5.57. The molecule has 6 nitrogen and oxygen atoms in total. The summed E-state index contributed by atoms with van der Waals surface area (Å²) < 4.78 is 5.58. The maximum atomic E-state index is 5.58. The first-order valence-electron chi connectivity index (χ1n) is 7.61. The molecule has 0 spiro atoms. The molecule has 1 aromatic carbocycles. The zero-order chi connectivity index (χ0) is 15.4. The van der Waals surface area contributed by atoms with Crippen LogP contribution in [0, 0.1) is 13.8 Å². The summed E-state index contributed by atoms with van der Waals surface area (Å²) in [4.78, 5) is 4.46. The summed E-state index contributed by atoms with van der Waals surface area (Å²) in [5, 5.41) is 14.5. The number of anilines is 3. The molecule has 3 rings (SSSR count). The topological polar surface area (TPSA) is 72.0 Å². The molecule has 6 heteroatoms. The highest BCUT2D eigenvalue weighted by Crippen LogP contribution is 2.23. The van der Waals surface area contributed by atoms with Crippen LogP contribution in [0.3, 0.4) is 0 Å². The number of aromatic nitrogens is 3. The minimum Gasteiger partial charge on any atom is -0.376 e. The van der Waals surface area contributed by atoms with Gasteiger partial charge >= 0.3 is 0 Å². The SMILES string of the molecule is Cc1cccc(C)c1Nc1cnnc(NCC2CCCO2)n1. The van der Waals surface area contributed by atoms with Crippen LogP contribution in [-0.4, -0.2) is 34.4 Å². The van der Waals surface area contributed by atoms with Crippen LogP contribution in [-0.2, 0) is 4.74 Å². The molecule has 1 fully saturated rings. The van der Waals surface area contributed by atoms with Crippen molar-refractivity contribution in [1.82, 2.24) is 15.2 Å². The summed E-state index contributed by atoms with van der Waals surface area (Å²) in [7, 11) is 0. The molecule has 2 N–H and O–H groups in total. The molecule has 0 radical (unpaired) electrons. The maximum Gasteiger partial charge on any atom is 0.244 e. The molecule has 1 aliphatic rings. The largest absolute Gasteiger partial charge is 0.376 e. The minimum atomic E-state index is 0.249. The number of benzene rings is 1. The zero-order valence-corrected chi connectivity index (χ0v) is 13.0. The number of rotatable bonds is 5. The molecule has 0 saturated carbocycles. The molecular weight excluding hydrogens is 278 g/mol. The normalized spacial score (nSPS) is 17.5. The van der Waals surface area contributed by atoms with Crippen LogP contribution >= 0.6 is 0 Å². The average Bonchev–Trinajstić information content (AvgIpc) is 3.03. The van der Waals surface area contributed by atoms with Crippen LogP contribution < -0.4 is 10.6 Å². The number of hydrogen-bond donors (Lipinski definition) is 2. The third-order valence-corrected chi connectivity index (χ3v) is 3.80. The van der Waals surface area contributed by atoms with Crippen LogP contribution in [0.15, 0.2) is 24.4 Å². The van der Waals surface area contributed by atoms with Crippen molar-refractivity contribution in [2.24, 2.45) is 0 Å². The van der Waals surface area contributed by atoms with Crippen molar-refractivity contribution in [2.75, 3.05) is 23.8 Å². The summed E-state index contributed by atoms with van der Waals surface area (Å²) in [6.07, 6.45) is 4.09. The third-order valence-electron chi connectivity index (χ3n) is 3.80. The van der Waals surface area contributed by atoms with E-state index in [4.69, 9.17) is 4.74 Å². The highest BCUT2D eigenvalue weighted by molar-refractivity contribution is 5.64. The van der Waals surface area contributed by atoms with Crippen molar-refractivity contribution in [3.05, 3.63) is 35.5 Å². The van der Waals surface area contributed by atoms with Crippen molar-refractivity contribution in [1.29, 1.82) is 0 Å². The van der Waals surface area contributed by atoms with Gasteiger partial charge in [0.2, 0.25) is 5.95 Å². The lowest BCUT2D eigenvalue weighted by Gasteiger charge is -2.13. The van der Waals surface area contributed by atoms with Crippen LogP contribution in [0.2, 0.25) is 0 Å². The number of nitrogens with one attached hydrogen (secondary N) is 2. The van der Waals surface area contributed by atoms with Crippen LogP contribution in [0.5, 0.6) is 0 Å². The molecule has 0 bridgehead atoms. The Morgan fingerprint density at radius 3 is 2.82 bits per heavy atom. The van der Waals surface area contributed by atoms with Gasteiger partial charge in [-0.25, -0.2) is 0 Å². The van der Waals surface area contributed by atoms with Gasteiger partial charge in [-0.3, -0.25) is 0 Å². The van der Waals surface area contributed by atoms with E-state index >= 15 is 0 Å². The van der Waals surface area contributed by atoms with Crippen molar-refractivity contribution in [3.8, 4) is 0 Å². The highest BCUT2D eigenvalue weighted by atomic mass is 16.5. The molecular formula is C16H21N5O. The Morgan fingerprint density at radius 1 is 1.27 bits per heavy atom. The standard InChI is InChI=1S/C16H21N5O/c1-11-5-3-6-12(2)15(11)19-14-10-18-21-16(20-14)17-9-13-7-4-8-22-13/h3,5-6,10,13H,4,7-9H2,1-2H3,(H2,17,19,20,21). The van der Waals surface area contributed by atoms with Gasteiger partial charge in [0.15, 0.2) is 5.82 Å². The van der Waals surface area contributed by atoms with E-state index in [1.54, 1.807) is 6.20 Å². The van der Waals surface area contributed by atoms with E-state index < -0.39 is 0 Å². The molecule has 1 saturated heterocycles. The Labute approximate surface area is 130 Å². The summed E-state index contributed by atoms with van der Waals surface area (Å²) in [6, 6.07) is 6.18. The van der Waals surface area contributed by atoms with Crippen molar-refractivity contribution >= 4 is 17.5 Å². The Morgan fingerprint density at radius 2 is 2.09 bits per heavy atom. The number of hydrogen-bond acceptors (Lipinski definition) is 6. The second-order valence-corrected chi connectivity index (χ2v) is 5.57. The number of para-hydroxylation sites is 1. The van der Waals surface area contributed by atoms with E-state index in [1.807, 2.05) is 6.07 Å². The summed E-state index contributed by atoms with van der Waals surface area (Å²) in [6.45, 7) is 5.70. The van der Waals surface area contributed by atoms with Crippen LogP contribution in [0.25, 0.3) is 0 Å². The molecule has 2 aromatic rings. The summed E-state index contributed by atoms with van der Waals surface area (Å²) >= 11 is 0. The molecule has 1 aromatic heterocycles. The Balaban J connectivity index is 1.68. The van der Waals surface area contributed by atoms with E-state index in [-0.39, 0.29) is 6.10 Å². The quantitative estimate of drug-likeness (QED) is 0.884. The minimum absolute atomic E-state index is 0.249. The van der Waals surface area contributed by atoms with Crippen molar-refractivity contribution in [2.45, 2.75) is 32.8 Å². The van der Waals surface area contributed by atoms with E-state index in [2.05, 4.69) is 51.8 Å². The molecule has 1 aliphatic heterocycles. The molecule has 22 heavy (non-hydrogen) atoms. The lowest BCUT2D eigenvalue weighted by atomic mass is 10.1. The van der Waals surface area contributed by atoms with E-state index in [9.17, 15) is 0 Å². The average molecular weight is 299 g/mol. The third kappa shape index (κ3) is 3.51. The van der Waals surface area contributed by atoms with E-state index in [1.165, 1.54) is 11.1 Å². The lowest BCUT2D eigenvalue weighted by molar-refractivity contribution is 0.120. The van der Waals surface area contributed by atoms with Gasteiger partial charge < -0.3 is 15.4 Å². The van der Waals surface area contributed by atoms with Gasteiger partial charge in [-0.2, -0.15) is 10.1 Å². The van der Waals surface area contributed by atoms with Crippen LogP contribution in [0.1, 0.15) is 24.0 Å². The summed E-state index contributed by atoms with van der Waals surface area (Å²) in [5.41, 5.74) is 3.41. The van der Waals surface area contributed by atoms with Gasteiger partial charge in [-0.1, -0.05) is 18.2 Å². The Bertz CT molecular complexity index is 620. The molecule has 116 valence electrons. The number of aryl methyl sites for hydroxylation is 2. The van der Waals surface area contributed by atoms with Gasteiger partial charge in [0, 0.05) is 18.8 Å². The van der Waals surface area contributed by atoms with E-state index in [0.29, 0.717) is 18.3 Å². The van der Waals surface area contributed by atoms with Gasteiger partial charge in [-0.15, -0.1) is 5.10 Å². The van der Waals surface area contributed by atoms with Gasteiger partial charge in [0.05, 0.1) is 12.3 Å². The first kappa shape index (κ1) is 14.7. The van der Waals surface area contributed by atoms with Gasteiger partial charge in [0.25, 0.3) is 0 Å². The smallest absolute Gasteiger partial charge is 0.244 e. The van der Waals surface area contributed by atoms with Crippen molar-refractivity contribution < 1.29 is 4.74 Å². The predicted octanol–water partition coefficient (Wildman–Crippen LogP) is 2.82. The van der Waals surface area contributed by atoms with Gasteiger partial charge in [0.1, 0.15) is 0 Å². The molecule has 0 amide bonds. The second kappa shape index (κ2) is 6.70. The van der Waals surface area contributed by atoms with Crippen LogP contribution in [0.4, 0.5) is 17.5 Å². The van der Waals surface area contributed by atoms with Gasteiger partial charge in [-0.05, 0) is 37.8 Å². The maximum absolute atomic E-state index is 5.58. The molecule has 2 heterocycles. The number of ether oxygens (including phenoxy) is 1. The summed E-state index contributed by atoms with van der Waals surface area (Å²) in [5.74, 6) is 1.20. The highest BCUT2D eigenvalue weighted by Gasteiger charge is 2.15. The predicted molar refractivity (Wildman–Crippen MR) is 86.5 cm³/mol.